The Morgan fingerprint density at radius 1 is 1.44 bits per heavy atom. The van der Waals surface area contributed by atoms with Crippen molar-refractivity contribution in [2.24, 2.45) is 5.41 Å². The predicted octanol–water partition coefficient (Wildman–Crippen LogP) is 2.71. The summed E-state index contributed by atoms with van der Waals surface area (Å²) in [5.41, 5.74) is 1.64. The molecule has 3 nitrogen and oxygen atoms in total. The molecule has 1 N–H and O–H groups in total. The summed E-state index contributed by atoms with van der Waals surface area (Å²) in [6, 6.07) is 0.308. The summed E-state index contributed by atoms with van der Waals surface area (Å²) in [6.07, 6.45) is 10.7. The molecule has 0 aliphatic heterocycles. The largest absolute Gasteiger partial charge is 0.308 e. The molecule has 1 heterocycles. The Kier molecular flexibility index (Phi) is 3.54. The van der Waals surface area contributed by atoms with Crippen LogP contribution < -0.4 is 5.32 Å². The van der Waals surface area contributed by atoms with Crippen LogP contribution in [0.2, 0.25) is 0 Å². The van der Waals surface area contributed by atoms with Crippen LogP contribution in [0.1, 0.15) is 51.3 Å². The summed E-state index contributed by atoms with van der Waals surface area (Å²) in [7, 11) is 0. The molecule has 0 saturated heterocycles. The molecule has 3 heteroatoms. The molecule has 1 aliphatic carbocycles. The average molecular weight is 219 g/mol. The van der Waals surface area contributed by atoms with E-state index in [-0.39, 0.29) is 0 Å². The van der Waals surface area contributed by atoms with Crippen LogP contribution in [0.25, 0.3) is 0 Å². The molecule has 1 unspecified atom stereocenters. The molecule has 0 spiro atoms. The Bertz CT molecular complexity index is 319. The van der Waals surface area contributed by atoms with Gasteiger partial charge in [-0.2, -0.15) is 0 Å². The molecule has 1 aromatic rings. The van der Waals surface area contributed by atoms with E-state index in [9.17, 15) is 0 Å². The van der Waals surface area contributed by atoms with E-state index in [0.29, 0.717) is 11.5 Å². The number of hydrogen-bond acceptors (Lipinski definition) is 3. The van der Waals surface area contributed by atoms with Crippen LogP contribution in [0.15, 0.2) is 18.6 Å². The van der Waals surface area contributed by atoms with Gasteiger partial charge in [0.15, 0.2) is 0 Å². The zero-order valence-electron chi connectivity index (χ0n) is 10.2. The first kappa shape index (κ1) is 11.5. The van der Waals surface area contributed by atoms with E-state index >= 15 is 0 Å². The molecular formula is C13H21N3. The van der Waals surface area contributed by atoms with E-state index in [0.717, 1.165) is 12.2 Å². The molecule has 16 heavy (non-hydrogen) atoms. The molecule has 1 aromatic heterocycles. The van der Waals surface area contributed by atoms with Gasteiger partial charge in [0.1, 0.15) is 0 Å². The van der Waals surface area contributed by atoms with Crippen LogP contribution in [0.4, 0.5) is 0 Å². The SMILES string of the molecule is CCCC1(CNC(C)c2cnccn2)CC1. The second kappa shape index (κ2) is 4.91. The maximum atomic E-state index is 4.32. The molecule has 88 valence electrons. The van der Waals surface area contributed by atoms with Crippen molar-refractivity contribution in [3.8, 4) is 0 Å². The van der Waals surface area contributed by atoms with Gasteiger partial charge in [-0.05, 0) is 31.6 Å². The van der Waals surface area contributed by atoms with Crippen molar-refractivity contribution in [3.05, 3.63) is 24.3 Å². The summed E-state index contributed by atoms with van der Waals surface area (Å²) in [5, 5.41) is 3.58. The third-order valence-electron chi connectivity index (χ3n) is 3.55. The molecule has 1 fully saturated rings. The van der Waals surface area contributed by atoms with Gasteiger partial charge >= 0.3 is 0 Å². The summed E-state index contributed by atoms with van der Waals surface area (Å²) in [6.45, 7) is 5.55. The van der Waals surface area contributed by atoms with Gasteiger partial charge in [-0.1, -0.05) is 13.3 Å². The second-order valence-corrected chi connectivity index (χ2v) is 4.98. The highest BCUT2D eigenvalue weighted by atomic mass is 15.0. The van der Waals surface area contributed by atoms with Crippen LogP contribution in [0.5, 0.6) is 0 Å². The molecule has 1 atom stereocenters. The quantitative estimate of drug-likeness (QED) is 0.799. The molecule has 0 radical (unpaired) electrons. The zero-order chi connectivity index (χ0) is 11.4. The third kappa shape index (κ3) is 2.79. The fourth-order valence-corrected chi connectivity index (χ4v) is 2.23. The molecular weight excluding hydrogens is 198 g/mol. The molecule has 1 aliphatic rings. The highest BCUT2D eigenvalue weighted by molar-refractivity contribution is 5.02. The van der Waals surface area contributed by atoms with Crippen LogP contribution in [-0.4, -0.2) is 16.5 Å². The first-order valence-corrected chi connectivity index (χ1v) is 6.25. The minimum absolute atomic E-state index is 0.308. The molecule has 0 amide bonds. The highest BCUT2D eigenvalue weighted by Gasteiger charge is 2.41. The van der Waals surface area contributed by atoms with E-state index in [1.165, 1.54) is 25.7 Å². The lowest BCUT2D eigenvalue weighted by atomic mass is 10.0. The van der Waals surface area contributed by atoms with Gasteiger partial charge in [-0.15, -0.1) is 0 Å². The van der Waals surface area contributed by atoms with Crippen molar-refractivity contribution in [2.75, 3.05) is 6.54 Å². The van der Waals surface area contributed by atoms with E-state index < -0.39 is 0 Å². The second-order valence-electron chi connectivity index (χ2n) is 4.98. The van der Waals surface area contributed by atoms with Crippen molar-refractivity contribution in [3.63, 3.8) is 0 Å². The Morgan fingerprint density at radius 3 is 2.81 bits per heavy atom. The average Bonchev–Trinajstić information content (AvgIpc) is 3.08. The van der Waals surface area contributed by atoms with Crippen molar-refractivity contribution < 1.29 is 0 Å². The number of nitrogens with zero attached hydrogens (tertiary/aromatic N) is 2. The van der Waals surface area contributed by atoms with E-state index in [1.54, 1.807) is 12.4 Å². The minimum Gasteiger partial charge on any atom is -0.308 e. The van der Waals surface area contributed by atoms with Gasteiger partial charge in [0, 0.05) is 31.2 Å². The number of hydrogen-bond donors (Lipinski definition) is 1. The van der Waals surface area contributed by atoms with Crippen molar-refractivity contribution in [2.45, 2.75) is 45.6 Å². The Labute approximate surface area is 97.7 Å². The maximum absolute atomic E-state index is 4.32. The summed E-state index contributed by atoms with van der Waals surface area (Å²) in [4.78, 5) is 8.42. The smallest absolute Gasteiger partial charge is 0.0753 e. The van der Waals surface area contributed by atoms with Crippen molar-refractivity contribution in [1.82, 2.24) is 15.3 Å². The first-order chi connectivity index (χ1) is 7.76. The van der Waals surface area contributed by atoms with Crippen LogP contribution >= 0.6 is 0 Å². The maximum Gasteiger partial charge on any atom is 0.0753 e. The van der Waals surface area contributed by atoms with Gasteiger partial charge in [-0.3, -0.25) is 9.97 Å². The van der Waals surface area contributed by atoms with Crippen LogP contribution in [0, 0.1) is 5.41 Å². The Hall–Kier alpha value is -0.960. The first-order valence-electron chi connectivity index (χ1n) is 6.25. The zero-order valence-corrected chi connectivity index (χ0v) is 10.2. The van der Waals surface area contributed by atoms with E-state index in [2.05, 4.69) is 29.1 Å². The van der Waals surface area contributed by atoms with Crippen molar-refractivity contribution in [1.29, 1.82) is 0 Å². The van der Waals surface area contributed by atoms with Gasteiger partial charge < -0.3 is 5.32 Å². The van der Waals surface area contributed by atoms with Gasteiger partial charge in [0.25, 0.3) is 0 Å². The minimum atomic E-state index is 0.308. The predicted molar refractivity (Wildman–Crippen MR) is 65.0 cm³/mol. The number of nitrogens with one attached hydrogen (secondary N) is 1. The third-order valence-corrected chi connectivity index (χ3v) is 3.55. The lowest BCUT2D eigenvalue weighted by Gasteiger charge is -2.19. The molecule has 0 aromatic carbocycles. The fraction of sp³-hybridized carbons (Fsp3) is 0.692. The Morgan fingerprint density at radius 2 is 2.25 bits per heavy atom. The topological polar surface area (TPSA) is 37.8 Å². The lowest BCUT2D eigenvalue weighted by Crippen LogP contribution is -2.27. The molecule has 0 bridgehead atoms. The normalized spacial score (nSPS) is 19.4. The van der Waals surface area contributed by atoms with Gasteiger partial charge in [-0.25, -0.2) is 0 Å². The summed E-state index contributed by atoms with van der Waals surface area (Å²) in [5.74, 6) is 0. The monoisotopic (exact) mass is 219 g/mol. The van der Waals surface area contributed by atoms with Gasteiger partial charge in [0.05, 0.1) is 5.69 Å². The molecule has 2 rings (SSSR count). The van der Waals surface area contributed by atoms with E-state index in [4.69, 9.17) is 0 Å². The number of rotatable bonds is 6. The van der Waals surface area contributed by atoms with Crippen LogP contribution in [-0.2, 0) is 0 Å². The Balaban J connectivity index is 1.82. The van der Waals surface area contributed by atoms with Crippen LogP contribution in [0.3, 0.4) is 0 Å². The fourth-order valence-electron chi connectivity index (χ4n) is 2.23. The number of aromatic nitrogens is 2. The summed E-state index contributed by atoms with van der Waals surface area (Å²) < 4.78 is 0. The summed E-state index contributed by atoms with van der Waals surface area (Å²) >= 11 is 0. The molecule has 1 saturated carbocycles. The standard InChI is InChI=1S/C13H21N3/c1-3-4-13(5-6-13)10-16-11(2)12-9-14-7-8-15-12/h7-9,11,16H,3-6,10H2,1-2H3. The lowest BCUT2D eigenvalue weighted by molar-refractivity contribution is 0.394. The highest BCUT2D eigenvalue weighted by Crippen LogP contribution is 2.49. The van der Waals surface area contributed by atoms with Crippen molar-refractivity contribution >= 4 is 0 Å². The van der Waals surface area contributed by atoms with E-state index in [1.807, 2.05) is 6.20 Å². The van der Waals surface area contributed by atoms with Gasteiger partial charge in [0.2, 0.25) is 0 Å².